The Morgan fingerprint density at radius 1 is 0.722 bits per heavy atom. The van der Waals surface area contributed by atoms with E-state index in [1.54, 1.807) is 0 Å². The van der Waals surface area contributed by atoms with E-state index >= 15 is 0 Å². The largest absolute Gasteiger partial charge is 0.314 e. The molecule has 0 aromatic rings. The minimum atomic E-state index is 0.787. The molecule has 0 heterocycles. The predicted molar refractivity (Wildman–Crippen MR) is 84.1 cm³/mol. The third-order valence-electron chi connectivity index (χ3n) is 3.70. The first-order valence-electron chi connectivity index (χ1n) is 8.44. The van der Waals surface area contributed by atoms with E-state index in [4.69, 9.17) is 0 Å². The fourth-order valence-electron chi connectivity index (χ4n) is 2.45. The molecular formula is C17H37N. The van der Waals surface area contributed by atoms with Crippen LogP contribution in [0.4, 0.5) is 0 Å². The zero-order chi connectivity index (χ0) is 13.6. The van der Waals surface area contributed by atoms with Crippen LogP contribution in [0.2, 0.25) is 0 Å². The van der Waals surface area contributed by atoms with E-state index in [1.807, 2.05) is 0 Å². The van der Waals surface area contributed by atoms with Gasteiger partial charge in [-0.3, -0.25) is 0 Å². The van der Waals surface area contributed by atoms with Gasteiger partial charge in [0, 0.05) is 6.04 Å². The van der Waals surface area contributed by atoms with Gasteiger partial charge in [-0.15, -0.1) is 0 Å². The molecule has 0 rings (SSSR count). The van der Waals surface area contributed by atoms with E-state index in [9.17, 15) is 0 Å². The van der Waals surface area contributed by atoms with Crippen LogP contribution in [-0.4, -0.2) is 12.6 Å². The molecule has 0 aromatic heterocycles. The number of hydrogen-bond acceptors (Lipinski definition) is 1. The van der Waals surface area contributed by atoms with Gasteiger partial charge < -0.3 is 5.32 Å². The zero-order valence-corrected chi connectivity index (χ0v) is 13.4. The van der Waals surface area contributed by atoms with E-state index in [-0.39, 0.29) is 0 Å². The van der Waals surface area contributed by atoms with Gasteiger partial charge in [0.05, 0.1) is 0 Å². The van der Waals surface area contributed by atoms with E-state index in [0.717, 1.165) is 12.0 Å². The summed E-state index contributed by atoms with van der Waals surface area (Å²) in [6.07, 6.45) is 13.8. The van der Waals surface area contributed by atoms with Gasteiger partial charge in [0.2, 0.25) is 0 Å². The second-order valence-electron chi connectivity index (χ2n) is 6.18. The van der Waals surface area contributed by atoms with Crippen molar-refractivity contribution in [1.82, 2.24) is 5.32 Å². The molecule has 110 valence electrons. The van der Waals surface area contributed by atoms with Gasteiger partial charge >= 0.3 is 0 Å². The molecule has 1 heteroatoms. The van der Waals surface area contributed by atoms with Crippen molar-refractivity contribution in [2.24, 2.45) is 5.92 Å². The molecular weight excluding hydrogens is 218 g/mol. The second kappa shape index (κ2) is 13.4. The maximum Gasteiger partial charge on any atom is 0.00670 e. The number of rotatable bonds is 13. The van der Waals surface area contributed by atoms with Crippen molar-refractivity contribution in [3.8, 4) is 0 Å². The lowest BCUT2D eigenvalue weighted by Gasteiger charge is -2.19. The molecule has 0 unspecified atom stereocenters. The lowest BCUT2D eigenvalue weighted by Crippen LogP contribution is -2.30. The van der Waals surface area contributed by atoms with E-state index < -0.39 is 0 Å². The molecule has 1 nitrogen and oxygen atoms in total. The summed E-state index contributed by atoms with van der Waals surface area (Å²) in [5.41, 5.74) is 0. The first kappa shape index (κ1) is 18.0. The summed E-state index contributed by atoms with van der Waals surface area (Å²) in [6.45, 7) is 10.4. The molecule has 0 aliphatic rings. The van der Waals surface area contributed by atoms with Crippen LogP contribution in [0.25, 0.3) is 0 Å². The standard InChI is InChI=1S/C17H37N/c1-5-7-9-13-17(14-10-8-6-2)18-15-11-12-16(3)4/h16-18H,5-15H2,1-4H3. The van der Waals surface area contributed by atoms with Crippen LogP contribution in [0.5, 0.6) is 0 Å². The maximum atomic E-state index is 3.79. The van der Waals surface area contributed by atoms with Gasteiger partial charge in [-0.25, -0.2) is 0 Å². The van der Waals surface area contributed by atoms with Crippen molar-refractivity contribution >= 4 is 0 Å². The average Bonchev–Trinajstić information content (AvgIpc) is 2.34. The van der Waals surface area contributed by atoms with E-state index in [2.05, 4.69) is 33.0 Å². The molecule has 18 heavy (non-hydrogen) atoms. The van der Waals surface area contributed by atoms with Crippen molar-refractivity contribution < 1.29 is 0 Å². The molecule has 0 radical (unpaired) electrons. The Morgan fingerprint density at radius 2 is 1.28 bits per heavy atom. The fourth-order valence-corrected chi connectivity index (χ4v) is 2.45. The Kier molecular flexibility index (Phi) is 13.4. The number of nitrogens with one attached hydrogen (secondary N) is 1. The van der Waals surface area contributed by atoms with Crippen molar-refractivity contribution in [2.45, 2.75) is 97.9 Å². The van der Waals surface area contributed by atoms with Gasteiger partial charge in [-0.05, 0) is 38.1 Å². The van der Waals surface area contributed by atoms with Gasteiger partial charge in [0.1, 0.15) is 0 Å². The molecule has 0 aliphatic heterocycles. The minimum absolute atomic E-state index is 0.787. The average molecular weight is 255 g/mol. The van der Waals surface area contributed by atoms with Crippen LogP contribution < -0.4 is 5.32 Å². The summed E-state index contributed by atoms with van der Waals surface area (Å²) in [4.78, 5) is 0. The highest BCUT2D eigenvalue weighted by molar-refractivity contribution is 4.67. The summed E-state index contributed by atoms with van der Waals surface area (Å²) in [5, 5.41) is 3.79. The number of hydrogen-bond donors (Lipinski definition) is 1. The highest BCUT2D eigenvalue weighted by atomic mass is 14.9. The molecule has 0 aromatic carbocycles. The molecule has 0 atom stereocenters. The highest BCUT2D eigenvalue weighted by Crippen LogP contribution is 2.11. The summed E-state index contributed by atoms with van der Waals surface area (Å²) < 4.78 is 0. The van der Waals surface area contributed by atoms with Crippen LogP contribution >= 0.6 is 0 Å². The first-order chi connectivity index (χ1) is 8.70. The van der Waals surface area contributed by atoms with Crippen molar-refractivity contribution in [1.29, 1.82) is 0 Å². The summed E-state index contributed by atoms with van der Waals surface area (Å²) in [6, 6.07) is 0.787. The summed E-state index contributed by atoms with van der Waals surface area (Å²) in [5.74, 6) is 0.852. The minimum Gasteiger partial charge on any atom is -0.314 e. The van der Waals surface area contributed by atoms with Crippen molar-refractivity contribution in [3.05, 3.63) is 0 Å². The smallest absolute Gasteiger partial charge is 0.00670 e. The Morgan fingerprint density at radius 3 is 1.72 bits per heavy atom. The van der Waals surface area contributed by atoms with Crippen molar-refractivity contribution in [3.63, 3.8) is 0 Å². The van der Waals surface area contributed by atoms with Crippen LogP contribution in [0.15, 0.2) is 0 Å². The highest BCUT2D eigenvalue weighted by Gasteiger charge is 2.07. The van der Waals surface area contributed by atoms with Gasteiger partial charge in [0.25, 0.3) is 0 Å². The van der Waals surface area contributed by atoms with E-state index in [1.165, 1.54) is 70.8 Å². The normalized spacial score (nSPS) is 11.7. The fraction of sp³-hybridized carbons (Fsp3) is 1.00. The van der Waals surface area contributed by atoms with Crippen LogP contribution in [0.1, 0.15) is 91.9 Å². The number of unbranched alkanes of at least 4 members (excludes halogenated alkanes) is 4. The molecule has 0 aliphatic carbocycles. The van der Waals surface area contributed by atoms with E-state index in [0.29, 0.717) is 0 Å². The lowest BCUT2D eigenvalue weighted by atomic mass is 10.0. The summed E-state index contributed by atoms with van der Waals surface area (Å²) >= 11 is 0. The second-order valence-corrected chi connectivity index (χ2v) is 6.18. The molecule has 0 spiro atoms. The zero-order valence-electron chi connectivity index (χ0n) is 13.4. The predicted octanol–water partition coefficient (Wildman–Crippen LogP) is 5.54. The topological polar surface area (TPSA) is 12.0 Å². The maximum absolute atomic E-state index is 3.79. The van der Waals surface area contributed by atoms with Gasteiger partial charge in [-0.1, -0.05) is 66.2 Å². The molecule has 0 saturated heterocycles. The van der Waals surface area contributed by atoms with Crippen LogP contribution in [0.3, 0.4) is 0 Å². The van der Waals surface area contributed by atoms with Gasteiger partial charge in [-0.2, -0.15) is 0 Å². The Hall–Kier alpha value is -0.0400. The quantitative estimate of drug-likeness (QED) is 0.426. The van der Waals surface area contributed by atoms with Crippen LogP contribution in [0, 0.1) is 5.92 Å². The molecule has 0 amide bonds. The molecule has 0 fully saturated rings. The molecule has 0 bridgehead atoms. The molecule has 1 N–H and O–H groups in total. The Bertz CT molecular complexity index is 144. The SMILES string of the molecule is CCCCCC(CCCCC)NCCCC(C)C. The Labute approximate surface area is 116 Å². The molecule has 0 saturated carbocycles. The summed E-state index contributed by atoms with van der Waals surface area (Å²) in [7, 11) is 0. The van der Waals surface area contributed by atoms with Gasteiger partial charge in [0.15, 0.2) is 0 Å². The third-order valence-corrected chi connectivity index (χ3v) is 3.70. The third kappa shape index (κ3) is 12.4. The van der Waals surface area contributed by atoms with Crippen LogP contribution in [-0.2, 0) is 0 Å². The Balaban J connectivity index is 3.66. The monoisotopic (exact) mass is 255 g/mol. The first-order valence-corrected chi connectivity index (χ1v) is 8.44. The lowest BCUT2D eigenvalue weighted by molar-refractivity contribution is 0.406. The van der Waals surface area contributed by atoms with Crippen molar-refractivity contribution in [2.75, 3.05) is 6.54 Å².